The molecule has 13 heteroatoms. The van der Waals surface area contributed by atoms with Crippen LogP contribution >= 0.6 is 22.9 Å². The zero-order chi connectivity index (χ0) is 32.9. The smallest absolute Gasteiger partial charge is 0.282 e. The van der Waals surface area contributed by atoms with Crippen molar-refractivity contribution < 1.29 is 14.5 Å². The maximum atomic E-state index is 14.0. The number of anilines is 2. The van der Waals surface area contributed by atoms with E-state index in [1.807, 2.05) is 45.9 Å². The second-order valence-corrected chi connectivity index (χ2v) is 12.6. The Kier molecular flexibility index (Phi) is 9.28. The highest BCUT2D eigenvalue weighted by molar-refractivity contribution is 7.17. The molecule has 0 aliphatic carbocycles. The van der Waals surface area contributed by atoms with Crippen LogP contribution in [0.15, 0.2) is 97.5 Å². The average molecular weight is 666 g/mol. The molecule has 2 amide bonds. The molecule has 47 heavy (non-hydrogen) atoms. The Morgan fingerprint density at radius 1 is 0.979 bits per heavy atom. The number of thiophene rings is 1. The van der Waals surface area contributed by atoms with Crippen LogP contribution in [0.5, 0.6) is 0 Å². The third-order valence-electron chi connectivity index (χ3n) is 8.01. The van der Waals surface area contributed by atoms with E-state index in [0.717, 1.165) is 16.9 Å². The van der Waals surface area contributed by atoms with Crippen LogP contribution in [0, 0.1) is 21.4 Å². The lowest BCUT2D eigenvalue weighted by Crippen LogP contribution is -2.48. The number of benzene rings is 3. The molecule has 3 aromatic carbocycles. The fraction of sp³-hybridized carbons (Fsp3) is 0.176. The van der Waals surface area contributed by atoms with E-state index in [-0.39, 0.29) is 23.7 Å². The third-order valence-corrected chi connectivity index (χ3v) is 9.23. The molecule has 11 nitrogen and oxygen atoms in total. The minimum Gasteiger partial charge on any atom is -0.368 e. The first kappa shape index (κ1) is 31.5. The number of piperazine rings is 1. The molecule has 0 spiro atoms. The number of aromatic nitrogens is 2. The van der Waals surface area contributed by atoms with Crippen LogP contribution in [0.25, 0.3) is 0 Å². The fourth-order valence-corrected chi connectivity index (χ4v) is 6.51. The predicted molar refractivity (Wildman–Crippen MR) is 180 cm³/mol. The largest absolute Gasteiger partial charge is 0.368 e. The summed E-state index contributed by atoms with van der Waals surface area (Å²) in [5.74, 6) is -0.545. The van der Waals surface area contributed by atoms with Gasteiger partial charge in [0.15, 0.2) is 0 Å². The topological polar surface area (TPSA) is 129 Å². The zero-order valence-corrected chi connectivity index (χ0v) is 26.6. The number of nitro benzene ring substituents is 1. The van der Waals surface area contributed by atoms with Crippen LogP contribution in [0.4, 0.5) is 17.1 Å². The van der Waals surface area contributed by atoms with Crippen molar-refractivity contribution in [3.05, 3.63) is 139 Å². The highest BCUT2D eigenvalue weighted by Crippen LogP contribution is 2.29. The molecule has 236 valence electrons. The van der Waals surface area contributed by atoms with Gasteiger partial charge >= 0.3 is 0 Å². The Labute approximate surface area is 279 Å². The number of halogens is 1. The fourth-order valence-electron chi connectivity index (χ4n) is 5.50. The molecule has 6 rings (SSSR count). The number of nitro groups is 1. The van der Waals surface area contributed by atoms with Crippen molar-refractivity contribution >= 4 is 51.8 Å². The Hall–Kier alpha value is -5.51. The highest BCUT2D eigenvalue weighted by Gasteiger charge is 2.27. The van der Waals surface area contributed by atoms with E-state index in [1.165, 1.54) is 34.4 Å². The number of carbonyl (C=O) groups is 2. The molecule has 1 fully saturated rings. The number of hydrogen-bond acceptors (Lipinski definition) is 8. The molecule has 0 radical (unpaired) electrons. The first-order chi connectivity index (χ1) is 22.8. The first-order valence-electron chi connectivity index (χ1n) is 14.7. The number of rotatable bonds is 9. The van der Waals surface area contributed by atoms with Gasteiger partial charge in [-0.1, -0.05) is 35.9 Å². The van der Waals surface area contributed by atoms with Crippen molar-refractivity contribution in [2.45, 2.75) is 13.1 Å². The molecule has 0 saturated carbocycles. The molecular weight excluding hydrogens is 638 g/mol. The molecule has 1 aliphatic rings. The number of amides is 2. The zero-order valence-electron chi connectivity index (χ0n) is 25.0. The minimum atomic E-state index is -0.554. The molecule has 1 saturated heterocycles. The molecule has 1 aliphatic heterocycles. The molecule has 0 N–H and O–H groups in total. The SMILES string of the molecule is N#Cc1ccc(Cn2cncc2CN(C(=O)c2ccccc2[N+](=O)[O-])c2ccc(N3CCN(C(=O)c4ccc(Cl)s4)CC3)cc2)cc1. The molecule has 0 unspecified atom stereocenters. The van der Waals surface area contributed by atoms with E-state index in [9.17, 15) is 19.7 Å². The van der Waals surface area contributed by atoms with Gasteiger partial charge in [0.2, 0.25) is 0 Å². The second kappa shape index (κ2) is 13.9. The maximum absolute atomic E-state index is 14.0. The van der Waals surface area contributed by atoms with Crippen molar-refractivity contribution in [3.63, 3.8) is 0 Å². The number of para-hydroxylation sites is 1. The van der Waals surface area contributed by atoms with Crippen molar-refractivity contribution in [1.82, 2.24) is 14.5 Å². The molecule has 3 heterocycles. The van der Waals surface area contributed by atoms with Crippen LogP contribution in [-0.2, 0) is 13.1 Å². The number of nitriles is 1. The van der Waals surface area contributed by atoms with Crippen LogP contribution in [0.1, 0.15) is 36.9 Å². The van der Waals surface area contributed by atoms with E-state index >= 15 is 0 Å². The summed E-state index contributed by atoms with van der Waals surface area (Å²) in [6.07, 6.45) is 3.34. The van der Waals surface area contributed by atoms with Crippen LogP contribution in [0.2, 0.25) is 4.34 Å². The van der Waals surface area contributed by atoms with Gasteiger partial charge in [-0.25, -0.2) is 4.98 Å². The first-order valence-corrected chi connectivity index (χ1v) is 15.9. The summed E-state index contributed by atoms with van der Waals surface area (Å²) < 4.78 is 2.48. The molecular formula is C34H28ClN7O4S. The maximum Gasteiger partial charge on any atom is 0.282 e. The highest BCUT2D eigenvalue weighted by atomic mass is 35.5. The van der Waals surface area contributed by atoms with Crippen molar-refractivity contribution in [2.75, 3.05) is 36.0 Å². The van der Waals surface area contributed by atoms with Gasteiger partial charge in [0.1, 0.15) is 5.56 Å². The van der Waals surface area contributed by atoms with Crippen molar-refractivity contribution in [3.8, 4) is 6.07 Å². The summed E-state index contributed by atoms with van der Waals surface area (Å²) in [4.78, 5) is 48.6. The van der Waals surface area contributed by atoms with E-state index < -0.39 is 10.8 Å². The average Bonchev–Trinajstić information content (AvgIpc) is 3.75. The van der Waals surface area contributed by atoms with E-state index in [2.05, 4.69) is 16.0 Å². The van der Waals surface area contributed by atoms with Crippen molar-refractivity contribution in [1.29, 1.82) is 5.26 Å². The lowest BCUT2D eigenvalue weighted by Gasteiger charge is -2.36. The summed E-state index contributed by atoms with van der Waals surface area (Å²) in [5, 5.41) is 21.0. The number of carbonyl (C=O) groups excluding carboxylic acids is 2. The van der Waals surface area contributed by atoms with Gasteiger partial charge in [0.25, 0.3) is 17.5 Å². The number of hydrogen-bond donors (Lipinski definition) is 0. The van der Waals surface area contributed by atoms with Crippen LogP contribution < -0.4 is 9.80 Å². The van der Waals surface area contributed by atoms with Crippen LogP contribution in [0.3, 0.4) is 0 Å². The van der Waals surface area contributed by atoms with E-state index in [0.29, 0.717) is 53.2 Å². The van der Waals surface area contributed by atoms with Gasteiger partial charge in [-0.15, -0.1) is 11.3 Å². The normalized spacial score (nSPS) is 12.9. The standard InChI is InChI=1S/C34H28ClN7O4S/c35-32-14-13-31(47-32)34(44)39-17-15-38(16-18-39)26-9-11-27(12-10-26)41(33(43)29-3-1-2-4-30(29)42(45)46)22-28-20-37-23-40(28)21-25-7-5-24(19-36)6-8-25/h1-14,20,23H,15-18,21-22H2. The molecule has 0 bridgehead atoms. The predicted octanol–water partition coefficient (Wildman–Crippen LogP) is 6.24. The summed E-state index contributed by atoms with van der Waals surface area (Å²) >= 11 is 7.29. The van der Waals surface area contributed by atoms with Gasteiger partial charge in [-0.3, -0.25) is 19.7 Å². The Balaban J connectivity index is 1.23. The van der Waals surface area contributed by atoms with Gasteiger partial charge in [-0.05, 0) is 60.2 Å². The lowest BCUT2D eigenvalue weighted by molar-refractivity contribution is -0.385. The van der Waals surface area contributed by atoms with Gasteiger partial charge in [-0.2, -0.15) is 5.26 Å². The number of imidazole rings is 1. The summed E-state index contributed by atoms with van der Waals surface area (Å²) in [6, 6.07) is 26.2. The Morgan fingerprint density at radius 3 is 2.36 bits per heavy atom. The second-order valence-electron chi connectivity index (χ2n) is 10.9. The van der Waals surface area contributed by atoms with Gasteiger partial charge in [0, 0.05) is 56.4 Å². The van der Waals surface area contributed by atoms with Crippen LogP contribution in [-0.4, -0.2) is 57.4 Å². The molecule has 5 aromatic rings. The quantitative estimate of drug-likeness (QED) is 0.135. The molecule has 0 atom stereocenters. The monoisotopic (exact) mass is 665 g/mol. The van der Waals surface area contributed by atoms with Gasteiger partial charge < -0.3 is 19.3 Å². The number of nitrogens with zero attached hydrogens (tertiary/aromatic N) is 7. The van der Waals surface area contributed by atoms with E-state index in [4.69, 9.17) is 16.9 Å². The summed E-state index contributed by atoms with van der Waals surface area (Å²) in [6.45, 7) is 2.95. The Morgan fingerprint density at radius 2 is 1.70 bits per heavy atom. The van der Waals surface area contributed by atoms with E-state index in [1.54, 1.807) is 42.9 Å². The molecule has 2 aromatic heterocycles. The van der Waals surface area contributed by atoms with Gasteiger partial charge in [0.05, 0.1) is 44.3 Å². The minimum absolute atomic E-state index is 0.0208. The third kappa shape index (κ3) is 7.01. The lowest BCUT2D eigenvalue weighted by atomic mass is 10.1. The Bertz CT molecular complexity index is 1960. The summed E-state index contributed by atoms with van der Waals surface area (Å²) in [7, 11) is 0. The summed E-state index contributed by atoms with van der Waals surface area (Å²) in [5.41, 5.74) is 3.43. The van der Waals surface area contributed by atoms with Crippen molar-refractivity contribution in [2.24, 2.45) is 0 Å².